The summed E-state index contributed by atoms with van der Waals surface area (Å²) in [6.07, 6.45) is 2.53. The number of nitrogens with one attached hydrogen (secondary N) is 1. The monoisotopic (exact) mass is 267 g/mol. The third kappa shape index (κ3) is 6.92. The average molecular weight is 267 g/mol. The molecule has 0 saturated carbocycles. The van der Waals surface area contributed by atoms with Crippen molar-refractivity contribution in [3.8, 4) is 5.75 Å². The Morgan fingerprint density at radius 2 is 1.89 bits per heavy atom. The van der Waals surface area contributed by atoms with Crippen molar-refractivity contribution in [1.82, 2.24) is 5.32 Å². The Morgan fingerprint density at radius 1 is 1.17 bits per heavy atom. The molecular weight excluding hydrogens is 242 g/mol. The van der Waals surface area contributed by atoms with Gasteiger partial charge in [0.05, 0.1) is 7.11 Å². The summed E-state index contributed by atoms with van der Waals surface area (Å²) < 4.78 is 5.14. The minimum absolute atomic E-state index is 0.749. The van der Waals surface area contributed by atoms with E-state index in [1.807, 2.05) is 23.9 Å². The molecule has 0 heterocycles. The number of unbranched alkanes of at least 4 members (excludes halogenated alkanes) is 1. The van der Waals surface area contributed by atoms with Gasteiger partial charge in [0.25, 0.3) is 0 Å². The second-order valence-electron chi connectivity index (χ2n) is 4.83. The van der Waals surface area contributed by atoms with Gasteiger partial charge in [-0.25, -0.2) is 0 Å². The van der Waals surface area contributed by atoms with Gasteiger partial charge in [0.15, 0.2) is 0 Å². The van der Waals surface area contributed by atoms with Crippen molar-refractivity contribution in [2.45, 2.75) is 31.6 Å². The molecule has 0 bridgehead atoms. The average Bonchev–Trinajstić information content (AvgIpc) is 2.38. The highest BCUT2D eigenvalue weighted by atomic mass is 32.2. The molecule has 0 aromatic heterocycles. The van der Waals surface area contributed by atoms with Gasteiger partial charge >= 0.3 is 0 Å². The Balaban J connectivity index is 2.03. The van der Waals surface area contributed by atoms with E-state index in [-0.39, 0.29) is 0 Å². The summed E-state index contributed by atoms with van der Waals surface area (Å²) in [7, 11) is 1.70. The standard InChI is InChI=1S/C15H25NOS/c1-13(2)12-16-10-4-5-11-18-15-8-6-14(17-3)7-9-15/h6-9,13,16H,4-5,10-12H2,1-3H3. The van der Waals surface area contributed by atoms with E-state index in [0.717, 1.165) is 24.8 Å². The lowest BCUT2D eigenvalue weighted by Crippen LogP contribution is -2.20. The Kier molecular flexibility index (Phi) is 7.94. The van der Waals surface area contributed by atoms with Crippen LogP contribution in [0.2, 0.25) is 0 Å². The molecule has 1 N–H and O–H groups in total. The predicted molar refractivity (Wildman–Crippen MR) is 80.7 cm³/mol. The first kappa shape index (κ1) is 15.4. The van der Waals surface area contributed by atoms with Crippen LogP contribution in [-0.2, 0) is 0 Å². The minimum Gasteiger partial charge on any atom is -0.497 e. The van der Waals surface area contributed by atoms with Crippen LogP contribution in [0.5, 0.6) is 5.75 Å². The first-order valence-corrected chi connectivity index (χ1v) is 7.68. The van der Waals surface area contributed by atoms with Crippen LogP contribution in [0.4, 0.5) is 0 Å². The summed E-state index contributed by atoms with van der Waals surface area (Å²) in [6.45, 7) is 6.76. The van der Waals surface area contributed by atoms with E-state index in [9.17, 15) is 0 Å². The molecule has 0 saturated heterocycles. The lowest BCUT2D eigenvalue weighted by atomic mass is 10.2. The summed E-state index contributed by atoms with van der Waals surface area (Å²) >= 11 is 1.92. The maximum absolute atomic E-state index is 5.14. The van der Waals surface area contributed by atoms with Crippen LogP contribution in [0, 0.1) is 5.92 Å². The van der Waals surface area contributed by atoms with E-state index in [0.29, 0.717) is 0 Å². The van der Waals surface area contributed by atoms with Gasteiger partial charge in [0.1, 0.15) is 5.75 Å². The first-order chi connectivity index (χ1) is 8.72. The van der Waals surface area contributed by atoms with Crippen molar-refractivity contribution in [3.05, 3.63) is 24.3 Å². The maximum Gasteiger partial charge on any atom is 0.118 e. The molecule has 0 aliphatic rings. The molecule has 2 nitrogen and oxygen atoms in total. The number of hydrogen-bond acceptors (Lipinski definition) is 3. The van der Waals surface area contributed by atoms with E-state index in [4.69, 9.17) is 4.74 Å². The highest BCUT2D eigenvalue weighted by Gasteiger charge is 1.96. The van der Waals surface area contributed by atoms with Crippen molar-refractivity contribution in [3.63, 3.8) is 0 Å². The largest absolute Gasteiger partial charge is 0.497 e. The highest BCUT2D eigenvalue weighted by molar-refractivity contribution is 7.99. The highest BCUT2D eigenvalue weighted by Crippen LogP contribution is 2.22. The molecule has 0 aliphatic carbocycles. The third-order valence-electron chi connectivity index (χ3n) is 2.63. The Hall–Kier alpha value is -0.670. The van der Waals surface area contributed by atoms with Gasteiger partial charge in [-0.15, -0.1) is 11.8 Å². The van der Waals surface area contributed by atoms with E-state index in [1.54, 1.807) is 7.11 Å². The van der Waals surface area contributed by atoms with Crippen LogP contribution in [-0.4, -0.2) is 26.0 Å². The fraction of sp³-hybridized carbons (Fsp3) is 0.600. The minimum atomic E-state index is 0.749. The molecule has 1 aromatic carbocycles. The second-order valence-corrected chi connectivity index (χ2v) is 6.00. The quantitative estimate of drug-likeness (QED) is 0.543. The lowest BCUT2D eigenvalue weighted by Gasteiger charge is -2.07. The summed E-state index contributed by atoms with van der Waals surface area (Å²) in [5.74, 6) is 2.87. The van der Waals surface area contributed by atoms with Crippen LogP contribution in [0.25, 0.3) is 0 Å². The molecule has 0 fully saturated rings. The third-order valence-corrected chi connectivity index (χ3v) is 3.73. The number of benzene rings is 1. The molecule has 0 unspecified atom stereocenters. The summed E-state index contributed by atoms with van der Waals surface area (Å²) in [5.41, 5.74) is 0. The number of thioether (sulfide) groups is 1. The van der Waals surface area contributed by atoms with Crippen molar-refractivity contribution >= 4 is 11.8 Å². The normalized spacial score (nSPS) is 10.9. The molecular formula is C15H25NOS. The molecule has 0 radical (unpaired) electrons. The molecule has 18 heavy (non-hydrogen) atoms. The first-order valence-electron chi connectivity index (χ1n) is 6.70. The number of ether oxygens (including phenoxy) is 1. The van der Waals surface area contributed by atoms with E-state index < -0.39 is 0 Å². The predicted octanol–water partition coefficient (Wildman–Crippen LogP) is 3.81. The molecule has 0 amide bonds. The van der Waals surface area contributed by atoms with Crippen molar-refractivity contribution in [2.75, 3.05) is 26.0 Å². The maximum atomic E-state index is 5.14. The molecule has 1 rings (SSSR count). The molecule has 3 heteroatoms. The second kappa shape index (κ2) is 9.29. The fourth-order valence-corrected chi connectivity index (χ4v) is 2.52. The lowest BCUT2D eigenvalue weighted by molar-refractivity contribution is 0.414. The molecule has 1 aromatic rings. The Morgan fingerprint density at radius 3 is 2.50 bits per heavy atom. The number of rotatable bonds is 9. The fourth-order valence-electron chi connectivity index (χ4n) is 1.60. The number of hydrogen-bond donors (Lipinski definition) is 1. The smallest absolute Gasteiger partial charge is 0.118 e. The van der Waals surface area contributed by atoms with E-state index in [1.165, 1.54) is 23.5 Å². The van der Waals surface area contributed by atoms with Gasteiger partial charge in [0.2, 0.25) is 0 Å². The Labute approximate surface area is 116 Å². The zero-order valence-corrected chi connectivity index (χ0v) is 12.6. The summed E-state index contributed by atoms with van der Waals surface area (Å²) in [5, 5.41) is 3.47. The molecule has 0 spiro atoms. The van der Waals surface area contributed by atoms with Crippen LogP contribution in [0.15, 0.2) is 29.2 Å². The molecule has 0 aliphatic heterocycles. The van der Waals surface area contributed by atoms with Crippen molar-refractivity contribution < 1.29 is 4.74 Å². The molecule has 102 valence electrons. The van der Waals surface area contributed by atoms with Crippen LogP contribution in [0.3, 0.4) is 0 Å². The van der Waals surface area contributed by atoms with Crippen LogP contribution < -0.4 is 10.1 Å². The number of methoxy groups -OCH3 is 1. The van der Waals surface area contributed by atoms with Gasteiger partial charge in [-0.1, -0.05) is 13.8 Å². The Bertz CT molecular complexity index is 311. The zero-order chi connectivity index (χ0) is 13.2. The van der Waals surface area contributed by atoms with Gasteiger partial charge in [-0.05, 0) is 61.9 Å². The SMILES string of the molecule is COc1ccc(SCCCCNCC(C)C)cc1. The summed E-state index contributed by atoms with van der Waals surface area (Å²) in [4.78, 5) is 1.32. The van der Waals surface area contributed by atoms with Gasteiger partial charge < -0.3 is 10.1 Å². The van der Waals surface area contributed by atoms with Crippen LogP contribution >= 0.6 is 11.8 Å². The van der Waals surface area contributed by atoms with Crippen molar-refractivity contribution in [1.29, 1.82) is 0 Å². The van der Waals surface area contributed by atoms with Crippen LogP contribution in [0.1, 0.15) is 26.7 Å². The van der Waals surface area contributed by atoms with E-state index in [2.05, 4.69) is 31.3 Å². The van der Waals surface area contributed by atoms with Gasteiger partial charge in [-0.2, -0.15) is 0 Å². The van der Waals surface area contributed by atoms with Gasteiger partial charge in [-0.3, -0.25) is 0 Å². The zero-order valence-electron chi connectivity index (χ0n) is 11.7. The van der Waals surface area contributed by atoms with Gasteiger partial charge in [0, 0.05) is 4.90 Å². The van der Waals surface area contributed by atoms with E-state index >= 15 is 0 Å². The summed E-state index contributed by atoms with van der Waals surface area (Å²) in [6, 6.07) is 8.29. The van der Waals surface area contributed by atoms with Crippen molar-refractivity contribution in [2.24, 2.45) is 5.92 Å². The molecule has 0 atom stereocenters. The topological polar surface area (TPSA) is 21.3 Å².